The third kappa shape index (κ3) is 4.00. The van der Waals surface area contributed by atoms with Crippen LogP contribution >= 0.6 is 0 Å². The minimum absolute atomic E-state index is 0.417. The van der Waals surface area contributed by atoms with Crippen LogP contribution in [0.2, 0.25) is 0 Å². The molecule has 0 radical (unpaired) electrons. The zero-order valence-electron chi connectivity index (χ0n) is 9.94. The first-order valence-corrected chi connectivity index (χ1v) is 6.70. The molecule has 0 saturated heterocycles. The lowest BCUT2D eigenvalue weighted by molar-refractivity contribution is -0.387. The monoisotopic (exact) mass is 288 g/mol. The van der Waals surface area contributed by atoms with Crippen molar-refractivity contribution in [2.45, 2.75) is 24.3 Å². The average Bonchev–Trinajstić information content (AvgIpc) is 2.26. The van der Waals surface area contributed by atoms with Crippen molar-refractivity contribution in [1.29, 1.82) is 0 Å². The largest absolute Gasteiger partial charge is 0.481 e. The number of hydrogen-bond acceptors (Lipinski definition) is 5. The predicted octanol–water partition coefficient (Wildman–Crippen LogP) is 0.736. The van der Waals surface area contributed by atoms with Gasteiger partial charge in [0.1, 0.15) is 0 Å². The van der Waals surface area contributed by atoms with Crippen molar-refractivity contribution in [3.8, 4) is 0 Å². The number of nitro groups is 1. The summed E-state index contributed by atoms with van der Waals surface area (Å²) in [4.78, 5) is 19.9. The topological polar surface area (TPSA) is 127 Å². The van der Waals surface area contributed by atoms with Gasteiger partial charge in [-0.15, -0.1) is 0 Å². The van der Waals surface area contributed by atoms with E-state index in [4.69, 9.17) is 5.11 Å². The van der Waals surface area contributed by atoms with E-state index in [9.17, 15) is 23.3 Å². The maximum atomic E-state index is 11.9. The highest BCUT2D eigenvalue weighted by Gasteiger charge is 2.26. The number of nitrogens with one attached hydrogen (secondary N) is 1. The molecule has 0 heterocycles. The van der Waals surface area contributed by atoms with E-state index in [0.717, 1.165) is 12.1 Å². The summed E-state index contributed by atoms with van der Waals surface area (Å²) in [6.07, 6.45) is -0.417. The minimum Gasteiger partial charge on any atom is -0.481 e. The van der Waals surface area contributed by atoms with E-state index in [1.807, 2.05) is 0 Å². The van der Waals surface area contributed by atoms with E-state index in [0.29, 0.717) is 0 Å². The van der Waals surface area contributed by atoms with Crippen molar-refractivity contribution in [1.82, 2.24) is 4.72 Å². The summed E-state index contributed by atoms with van der Waals surface area (Å²) < 4.78 is 26.0. The van der Waals surface area contributed by atoms with Crippen LogP contribution < -0.4 is 4.72 Å². The van der Waals surface area contributed by atoms with Crippen LogP contribution in [0.15, 0.2) is 29.2 Å². The van der Waals surface area contributed by atoms with Crippen LogP contribution in [0.4, 0.5) is 5.69 Å². The zero-order chi connectivity index (χ0) is 14.6. The molecule has 19 heavy (non-hydrogen) atoms. The van der Waals surface area contributed by atoms with E-state index in [1.165, 1.54) is 19.1 Å². The molecule has 0 aliphatic heterocycles. The van der Waals surface area contributed by atoms with Crippen molar-refractivity contribution in [3.05, 3.63) is 34.4 Å². The molecule has 0 aliphatic carbocycles. The van der Waals surface area contributed by atoms with Crippen molar-refractivity contribution in [2.75, 3.05) is 0 Å². The molecule has 104 valence electrons. The number of para-hydroxylation sites is 1. The summed E-state index contributed by atoms with van der Waals surface area (Å²) in [5, 5.41) is 19.3. The Hall–Kier alpha value is -2.00. The second-order valence-corrected chi connectivity index (χ2v) is 5.53. The smallest absolute Gasteiger partial charge is 0.304 e. The highest BCUT2D eigenvalue weighted by Crippen LogP contribution is 2.22. The zero-order valence-corrected chi connectivity index (χ0v) is 10.8. The highest BCUT2D eigenvalue weighted by molar-refractivity contribution is 7.89. The quantitative estimate of drug-likeness (QED) is 0.587. The van der Waals surface area contributed by atoms with Gasteiger partial charge in [0.25, 0.3) is 5.69 Å². The molecule has 0 bridgehead atoms. The van der Waals surface area contributed by atoms with Gasteiger partial charge in [-0.2, -0.15) is 0 Å². The van der Waals surface area contributed by atoms with E-state index in [1.54, 1.807) is 0 Å². The van der Waals surface area contributed by atoms with E-state index >= 15 is 0 Å². The second kappa shape index (κ2) is 5.76. The third-order valence-electron chi connectivity index (χ3n) is 2.19. The summed E-state index contributed by atoms with van der Waals surface area (Å²) in [7, 11) is -4.14. The number of hydrogen-bond donors (Lipinski definition) is 2. The van der Waals surface area contributed by atoms with Crippen LogP contribution in [-0.4, -0.2) is 30.5 Å². The summed E-state index contributed by atoms with van der Waals surface area (Å²) in [6, 6.07) is 3.98. The lowest BCUT2D eigenvalue weighted by Gasteiger charge is -2.12. The molecule has 0 saturated carbocycles. The molecule has 0 aliphatic rings. The summed E-state index contributed by atoms with van der Waals surface area (Å²) in [5.74, 6) is -1.17. The molecular formula is C10H12N2O6S. The first-order chi connectivity index (χ1) is 8.74. The van der Waals surface area contributed by atoms with Crippen molar-refractivity contribution in [2.24, 2.45) is 0 Å². The highest BCUT2D eigenvalue weighted by atomic mass is 32.2. The Morgan fingerprint density at radius 2 is 2.05 bits per heavy atom. The summed E-state index contributed by atoms with van der Waals surface area (Å²) in [6.45, 7) is 1.36. The lowest BCUT2D eigenvalue weighted by atomic mass is 10.3. The molecule has 0 unspecified atom stereocenters. The molecular weight excluding hydrogens is 276 g/mol. The van der Waals surface area contributed by atoms with Gasteiger partial charge in [0, 0.05) is 12.1 Å². The number of benzene rings is 1. The first-order valence-electron chi connectivity index (χ1n) is 5.21. The molecule has 8 nitrogen and oxygen atoms in total. The van der Waals surface area contributed by atoms with Gasteiger partial charge in [0.05, 0.1) is 11.3 Å². The Kier molecular flexibility index (Phi) is 4.57. The molecule has 1 atom stereocenters. The van der Waals surface area contributed by atoms with Crippen LogP contribution in [-0.2, 0) is 14.8 Å². The first kappa shape index (κ1) is 15.1. The van der Waals surface area contributed by atoms with Gasteiger partial charge < -0.3 is 5.11 Å². The maximum Gasteiger partial charge on any atom is 0.304 e. The number of carboxylic acids is 1. The number of sulfonamides is 1. The Morgan fingerprint density at radius 1 is 1.47 bits per heavy atom. The number of nitrogens with zero attached hydrogens (tertiary/aromatic N) is 1. The van der Waals surface area contributed by atoms with Gasteiger partial charge in [0.2, 0.25) is 10.0 Å². The molecule has 0 spiro atoms. The Bertz CT molecular complexity index is 598. The van der Waals surface area contributed by atoms with E-state index in [-0.39, 0.29) is 0 Å². The fraction of sp³-hybridized carbons (Fsp3) is 0.300. The Morgan fingerprint density at radius 3 is 2.58 bits per heavy atom. The second-order valence-electron chi connectivity index (χ2n) is 3.85. The minimum atomic E-state index is -4.14. The molecule has 0 fully saturated rings. The molecule has 9 heteroatoms. The van der Waals surface area contributed by atoms with Crippen LogP contribution in [0.3, 0.4) is 0 Å². The Labute approximate surface area is 109 Å². The molecule has 1 aromatic carbocycles. The molecule has 1 aromatic rings. The van der Waals surface area contributed by atoms with Crippen LogP contribution in [0, 0.1) is 10.1 Å². The van der Waals surface area contributed by atoms with Crippen LogP contribution in [0.25, 0.3) is 0 Å². The van der Waals surface area contributed by atoms with E-state index in [2.05, 4.69) is 4.72 Å². The lowest BCUT2D eigenvalue weighted by Crippen LogP contribution is -2.34. The molecule has 0 aromatic heterocycles. The number of carboxylic acid groups (broad SMARTS) is 1. The third-order valence-corrected chi connectivity index (χ3v) is 3.83. The fourth-order valence-electron chi connectivity index (χ4n) is 1.47. The van der Waals surface area contributed by atoms with Crippen molar-refractivity contribution >= 4 is 21.7 Å². The van der Waals surface area contributed by atoms with Crippen molar-refractivity contribution < 1.29 is 23.2 Å². The fourth-order valence-corrected chi connectivity index (χ4v) is 2.88. The van der Waals surface area contributed by atoms with Crippen LogP contribution in [0.5, 0.6) is 0 Å². The summed E-state index contributed by atoms with van der Waals surface area (Å²) >= 11 is 0. The number of aliphatic carboxylic acids is 1. The SMILES string of the molecule is C[C@H](CC(=O)O)NS(=O)(=O)c1ccccc1[N+](=O)[O-]. The number of nitro benzene ring substituents is 1. The Balaban J connectivity index is 3.07. The van der Waals surface area contributed by atoms with E-state index < -0.39 is 44.0 Å². The molecule has 0 amide bonds. The summed E-state index contributed by atoms with van der Waals surface area (Å²) in [5.41, 5.74) is -0.558. The predicted molar refractivity (Wildman–Crippen MR) is 65.1 cm³/mol. The van der Waals surface area contributed by atoms with Crippen LogP contribution in [0.1, 0.15) is 13.3 Å². The standard InChI is InChI=1S/C10H12N2O6S/c1-7(6-10(13)14)11-19(17,18)9-5-3-2-4-8(9)12(15)16/h2-5,7,11H,6H2,1H3,(H,13,14)/t7-/m1/s1. The average molecular weight is 288 g/mol. The molecule has 2 N–H and O–H groups in total. The van der Waals surface area contributed by atoms with Gasteiger partial charge >= 0.3 is 5.97 Å². The number of rotatable bonds is 6. The van der Waals surface area contributed by atoms with Gasteiger partial charge in [-0.3, -0.25) is 14.9 Å². The van der Waals surface area contributed by atoms with Gasteiger partial charge in [-0.25, -0.2) is 13.1 Å². The number of carbonyl (C=O) groups is 1. The van der Waals surface area contributed by atoms with Crippen molar-refractivity contribution in [3.63, 3.8) is 0 Å². The maximum absolute atomic E-state index is 11.9. The van der Waals surface area contributed by atoms with Gasteiger partial charge in [-0.1, -0.05) is 12.1 Å². The molecule has 1 rings (SSSR count). The van der Waals surface area contributed by atoms with Gasteiger partial charge in [-0.05, 0) is 13.0 Å². The normalized spacial score (nSPS) is 12.9. The van der Waals surface area contributed by atoms with Gasteiger partial charge in [0.15, 0.2) is 4.90 Å².